The topological polar surface area (TPSA) is 75.6 Å². The van der Waals surface area contributed by atoms with Crippen LogP contribution in [0.1, 0.15) is 24.8 Å². The van der Waals surface area contributed by atoms with Crippen molar-refractivity contribution in [1.29, 1.82) is 0 Å². The second-order valence-electron chi connectivity index (χ2n) is 5.27. The largest absolute Gasteiger partial charge is 0.482 e. The third-order valence-corrected chi connectivity index (χ3v) is 3.34. The molecule has 2 aromatic carbocycles. The Kier molecular flexibility index (Phi) is 5.74. The molecule has 0 radical (unpaired) electrons. The van der Waals surface area contributed by atoms with Gasteiger partial charge in [-0.3, -0.25) is 4.79 Å². The van der Waals surface area contributed by atoms with E-state index in [1.807, 2.05) is 37.3 Å². The Morgan fingerprint density at radius 3 is 2.57 bits per heavy atom. The van der Waals surface area contributed by atoms with E-state index >= 15 is 0 Å². The third-order valence-electron chi connectivity index (χ3n) is 3.34. The maximum atomic E-state index is 12.1. The van der Waals surface area contributed by atoms with Crippen LogP contribution in [-0.2, 0) is 9.59 Å². The second-order valence-corrected chi connectivity index (χ2v) is 5.27. The van der Waals surface area contributed by atoms with Gasteiger partial charge in [0, 0.05) is 18.2 Å². The summed E-state index contributed by atoms with van der Waals surface area (Å²) in [7, 11) is 0. The molecular weight excluding hydrogens is 294 g/mol. The van der Waals surface area contributed by atoms with Crippen LogP contribution in [0.15, 0.2) is 54.6 Å². The minimum atomic E-state index is -1.05. The van der Waals surface area contributed by atoms with Gasteiger partial charge in [-0.05, 0) is 23.6 Å². The Morgan fingerprint density at radius 1 is 1.13 bits per heavy atom. The molecule has 0 heterocycles. The molecule has 23 heavy (non-hydrogen) atoms. The lowest BCUT2D eigenvalue weighted by Crippen LogP contribution is -2.14. The van der Waals surface area contributed by atoms with Crippen molar-refractivity contribution >= 4 is 17.6 Å². The van der Waals surface area contributed by atoms with Gasteiger partial charge in [-0.2, -0.15) is 0 Å². The van der Waals surface area contributed by atoms with Crippen LogP contribution in [0.5, 0.6) is 5.75 Å². The molecule has 0 bridgehead atoms. The monoisotopic (exact) mass is 313 g/mol. The van der Waals surface area contributed by atoms with Crippen LogP contribution in [0, 0.1) is 0 Å². The van der Waals surface area contributed by atoms with Gasteiger partial charge in [0.15, 0.2) is 6.61 Å². The van der Waals surface area contributed by atoms with E-state index in [0.29, 0.717) is 17.9 Å². The highest BCUT2D eigenvalue weighted by Gasteiger charge is 2.11. The van der Waals surface area contributed by atoms with E-state index in [4.69, 9.17) is 9.84 Å². The lowest BCUT2D eigenvalue weighted by Gasteiger charge is -2.12. The number of hydrogen-bond acceptors (Lipinski definition) is 3. The van der Waals surface area contributed by atoms with Crippen LogP contribution < -0.4 is 10.1 Å². The Balaban J connectivity index is 1.92. The Labute approximate surface area is 134 Å². The summed E-state index contributed by atoms with van der Waals surface area (Å²) < 4.78 is 5.09. The number of carboxylic acid groups (broad SMARTS) is 1. The highest BCUT2D eigenvalue weighted by atomic mass is 16.5. The molecule has 0 aromatic heterocycles. The first kappa shape index (κ1) is 16.5. The molecular formula is C18H19NO4. The molecule has 2 aromatic rings. The SMILES string of the molecule is CC(CC(=O)Nc1cccc(OCC(=O)O)c1)c1ccccc1. The zero-order chi connectivity index (χ0) is 16.7. The lowest BCUT2D eigenvalue weighted by atomic mass is 9.97. The van der Waals surface area contributed by atoms with Gasteiger partial charge in [-0.25, -0.2) is 4.79 Å². The Morgan fingerprint density at radius 2 is 1.87 bits per heavy atom. The van der Waals surface area contributed by atoms with Crippen LogP contribution in [0.4, 0.5) is 5.69 Å². The zero-order valence-corrected chi connectivity index (χ0v) is 12.9. The van der Waals surface area contributed by atoms with Crippen molar-refractivity contribution in [1.82, 2.24) is 0 Å². The average Bonchev–Trinajstić information content (AvgIpc) is 2.54. The van der Waals surface area contributed by atoms with Crippen LogP contribution >= 0.6 is 0 Å². The van der Waals surface area contributed by atoms with E-state index in [2.05, 4.69) is 5.32 Å². The first-order chi connectivity index (χ1) is 11.0. The van der Waals surface area contributed by atoms with Crippen LogP contribution in [0.3, 0.4) is 0 Å². The lowest BCUT2D eigenvalue weighted by molar-refractivity contribution is -0.139. The van der Waals surface area contributed by atoms with Gasteiger partial charge in [-0.1, -0.05) is 43.3 Å². The van der Waals surface area contributed by atoms with Crippen LogP contribution in [0.25, 0.3) is 0 Å². The minimum absolute atomic E-state index is 0.100. The van der Waals surface area contributed by atoms with E-state index < -0.39 is 12.6 Å². The van der Waals surface area contributed by atoms with Crippen molar-refractivity contribution in [3.8, 4) is 5.75 Å². The van der Waals surface area contributed by atoms with E-state index in [1.54, 1.807) is 24.3 Å². The van der Waals surface area contributed by atoms with Gasteiger partial charge in [0.2, 0.25) is 5.91 Å². The normalized spacial score (nSPS) is 11.5. The molecule has 1 amide bonds. The predicted molar refractivity (Wildman–Crippen MR) is 87.7 cm³/mol. The quantitative estimate of drug-likeness (QED) is 0.822. The number of rotatable bonds is 7. The number of carbonyl (C=O) groups is 2. The summed E-state index contributed by atoms with van der Waals surface area (Å²) in [6, 6.07) is 16.5. The van der Waals surface area contributed by atoms with Crippen molar-refractivity contribution in [3.63, 3.8) is 0 Å². The summed E-state index contributed by atoms with van der Waals surface area (Å²) in [4.78, 5) is 22.6. The molecule has 120 valence electrons. The van der Waals surface area contributed by atoms with Gasteiger partial charge in [0.05, 0.1) is 0 Å². The smallest absolute Gasteiger partial charge is 0.341 e. The first-order valence-corrected chi connectivity index (χ1v) is 7.34. The summed E-state index contributed by atoms with van der Waals surface area (Å²) in [5, 5.41) is 11.4. The number of hydrogen-bond donors (Lipinski definition) is 2. The second kappa shape index (κ2) is 7.98. The predicted octanol–water partition coefficient (Wildman–Crippen LogP) is 3.28. The van der Waals surface area contributed by atoms with Gasteiger partial charge in [-0.15, -0.1) is 0 Å². The number of benzene rings is 2. The standard InChI is InChI=1S/C18H19NO4/c1-13(14-6-3-2-4-7-14)10-17(20)19-15-8-5-9-16(11-15)23-12-18(21)22/h2-9,11,13H,10,12H2,1H3,(H,19,20)(H,21,22). The van der Waals surface area contributed by atoms with Crippen molar-refractivity contribution < 1.29 is 19.4 Å². The van der Waals surface area contributed by atoms with Gasteiger partial charge < -0.3 is 15.2 Å². The number of anilines is 1. The molecule has 0 aliphatic heterocycles. The molecule has 0 spiro atoms. The first-order valence-electron chi connectivity index (χ1n) is 7.34. The summed E-state index contributed by atoms with van der Waals surface area (Å²) in [6.07, 6.45) is 0.365. The van der Waals surface area contributed by atoms with Crippen molar-refractivity contribution in [2.45, 2.75) is 19.3 Å². The highest BCUT2D eigenvalue weighted by molar-refractivity contribution is 5.91. The molecule has 5 nitrogen and oxygen atoms in total. The molecule has 0 fully saturated rings. The molecule has 0 aliphatic rings. The van der Waals surface area contributed by atoms with Gasteiger partial charge >= 0.3 is 5.97 Å². The zero-order valence-electron chi connectivity index (χ0n) is 12.9. The molecule has 0 aliphatic carbocycles. The highest BCUT2D eigenvalue weighted by Crippen LogP contribution is 2.21. The van der Waals surface area contributed by atoms with E-state index in [9.17, 15) is 9.59 Å². The van der Waals surface area contributed by atoms with Crippen LogP contribution in [0.2, 0.25) is 0 Å². The van der Waals surface area contributed by atoms with Crippen LogP contribution in [-0.4, -0.2) is 23.6 Å². The number of carboxylic acids is 1. The van der Waals surface area contributed by atoms with Crippen molar-refractivity contribution in [2.24, 2.45) is 0 Å². The summed E-state index contributed by atoms with van der Waals surface area (Å²) >= 11 is 0. The van der Waals surface area contributed by atoms with Crippen molar-refractivity contribution in [2.75, 3.05) is 11.9 Å². The fourth-order valence-corrected chi connectivity index (χ4v) is 2.20. The maximum Gasteiger partial charge on any atom is 0.341 e. The number of amides is 1. The van der Waals surface area contributed by atoms with Crippen molar-refractivity contribution in [3.05, 3.63) is 60.2 Å². The Bertz CT molecular complexity index is 670. The van der Waals surface area contributed by atoms with E-state index in [-0.39, 0.29) is 11.8 Å². The molecule has 0 saturated heterocycles. The molecule has 1 atom stereocenters. The van der Waals surface area contributed by atoms with E-state index in [0.717, 1.165) is 5.56 Å². The summed E-state index contributed by atoms with van der Waals surface area (Å²) in [6.45, 7) is 1.59. The molecule has 1 unspecified atom stereocenters. The van der Waals surface area contributed by atoms with Gasteiger partial charge in [0.25, 0.3) is 0 Å². The maximum absolute atomic E-state index is 12.1. The molecule has 2 N–H and O–H groups in total. The summed E-state index contributed by atoms with van der Waals surface area (Å²) in [5.74, 6) is -0.628. The third kappa shape index (κ3) is 5.47. The fourth-order valence-electron chi connectivity index (χ4n) is 2.20. The molecule has 5 heteroatoms. The number of aliphatic carboxylic acids is 1. The Hall–Kier alpha value is -2.82. The van der Waals surface area contributed by atoms with E-state index in [1.165, 1.54) is 0 Å². The fraction of sp³-hybridized carbons (Fsp3) is 0.222. The molecule has 0 saturated carbocycles. The number of nitrogens with one attached hydrogen (secondary N) is 1. The number of carbonyl (C=O) groups excluding carboxylic acids is 1. The average molecular weight is 313 g/mol. The molecule has 2 rings (SSSR count). The van der Waals surface area contributed by atoms with Gasteiger partial charge in [0.1, 0.15) is 5.75 Å². The minimum Gasteiger partial charge on any atom is -0.482 e. The number of ether oxygens (including phenoxy) is 1. The summed E-state index contributed by atoms with van der Waals surface area (Å²) in [5.41, 5.74) is 1.69.